The van der Waals surface area contributed by atoms with Gasteiger partial charge in [0.2, 0.25) is 5.16 Å². The standard InChI is InChI=1S/C20H23ClN4O2S/c1-13-4-9-19(14(2)10-13)25-20(22-23-24-25)28-12-18(26)11-27-15(3)16-5-7-17(21)8-6-16/h4-10,15,18,26H,11-12H2,1-3H3/t15-,18+/m1/s1. The van der Waals surface area contributed by atoms with Crippen LogP contribution in [0, 0.1) is 13.8 Å². The molecule has 0 saturated carbocycles. The van der Waals surface area contributed by atoms with Gasteiger partial charge in [0, 0.05) is 10.8 Å². The van der Waals surface area contributed by atoms with Crippen LogP contribution in [0.1, 0.15) is 29.7 Å². The zero-order valence-electron chi connectivity index (χ0n) is 16.0. The number of aromatic nitrogens is 4. The Bertz CT molecular complexity index is 917. The molecule has 0 aliphatic heterocycles. The molecule has 2 aromatic carbocycles. The van der Waals surface area contributed by atoms with E-state index in [1.807, 2.05) is 57.2 Å². The fourth-order valence-corrected chi connectivity index (χ4v) is 3.68. The summed E-state index contributed by atoms with van der Waals surface area (Å²) < 4.78 is 7.48. The summed E-state index contributed by atoms with van der Waals surface area (Å²) in [6.45, 7) is 6.25. The van der Waals surface area contributed by atoms with E-state index in [1.54, 1.807) is 4.68 Å². The second kappa shape index (κ2) is 9.52. The molecule has 2 atom stereocenters. The third kappa shape index (κ3) is 5.32. The molecule has 0 saturated heterocycles. The van der Waals surface area contributed by atoms with Crippen LogP contribution in [0.2, 0.25) is 5.02 Å². The van der Waals surface area contributed by atoms with E-state index in [0.717, 1.165) is 16.8 Å². The predicted molar refractivity (Wildman–Crippen MR) is 111 cm³/mol. The summed E-state index contributed by atoms with van der Waals surface area (Å²) in [6, 6.07) is 13.6. The first-order chi connectivity index (χ1) is 13.4. The summed E-state index contributed by atoms with van der Waals surface area (Å²) in [5.74, 6) is 0.429. The first-order valence-electron chi connectivity index (χ1n) is 8.98. The predicted octanol–water partition coefficient (Wildman–Crippen LogP) is 4.16. The van der Waals surface area contributed by atoms with Crippen molar-refractivity contribution in [1.82, 2.24) is 20.2 Å². The number of thioether (sulfide) groups is 1. The third-order valence-electron chi connectivity index (χ3n) is 4.30. The average Bonchev–Trinajstić information content (AvgIpc) is 3.13. The highest BCUT2D eigenvalue weighted by Gasteiger charge is 2.15. The van der Waals surface area contributed by atoms with Crippen molar-refractivity contribution in [3.63, 3.8) is 0 Å². The number of hydrogen-bond acceptors (Lipinski definition) is 6. The Morgan fingerprint density at radius 1 is 1.18 bits per heavy atom. The molecule has 0 aliphatic rings. The van der Waals surface area contributed by atoms with Crippen LogP contribution in [0.15, 0.2) is 47.6 Å². The van der Waals surface area contributed by atoms with Crippen LogP contribution in [0.5, 0.6) is 0 Å². The number of aryl methyl sites for hydroxylation is 2. The van der Waals surface area contributed by atoms with E-state index < -0.39 is 6.10 Å². The van der Waals surface area contributed by atoms with Gasteiger partial charge in [-0.1, -0.05) is 53.2 Å². The number of aliphatic hydroxyl groups excluding tert-OH is 1. The van der Waals surface area contributed by atoms with Gasteiger partial charge in [-0.15, -0.1) is 5.10 Å². The Morgan fingerprint density at radius 3 is 2.64 bits per heavy atom. The molecule has 0 radical (unpaired) electrons. The highest BCUT2D eigenvalue weighted by molar-refractivity contribution is 7.99. The molecule has 148 valence electrons. The molecular weight excluding hydrogens is 396 g/mol. The molecule has 28 heavy (non-hydrogen) atoms. The Kier molecular flexibility index (Phi) is 7.07. The van der Waals surface area contributed by atoms with Gasteiger partial charge in [0.15, 0.2) is 0 Å². The fourth-order valence-electron chi connectivity index (χ4n) is 2.77. The number of nitrogens with zero attached hydrogens (tertiary/aromatic N) is 4. The third-order valence-corrected chi connectivity index (χ3v) is 5.62. The minimum atomic E-state index is -0.635. The SMILES string of the molecule is Cc1ccc(-n2nnnc2SC[C@@H](O)CO[C@H](C)c2ccc(Cl)cc2)c(C)c1. The van der Waals surface area contributed by atoms with E-state index in [-0.39, 0.29) is 12.7 Å². The zero-order chi connectivity index (χ0) is 20.1. The molecule has 0 bridgehead atoms. The van der Waals surface area contributed by atoms with Gasteiger partial charge >= 0.3 is 0 Å². The monoisotopic (exact) mass is 418 g/mol. The van der Waals surface area contributed by atoms with Gasteiger partial charge in [0.1, 0.15) is 0 Å². The Hall–Kier alpha value is -1.93. The highest BCUT2D eigenvalue weighted by Crippen LogP contribution is 2.23. The van der Waals surface area contributed by atoms with Crippen LogP contribution in [0.3, 0.4) is 0 Å². The van der Waals surface area contributed by atoms with Crippen LogP contribution < -0.4 is 0 Å². The summed E-state index contributed by atoms with van der Waals surface area (Å²) >= 11 is 7.31. The van der Waals surface area contributed by atoms with Crippen LogP contribution >= 0.6 is 23.4 Å². The van der Waals surface area contributed by atoms with Gasteiger partial charge in [-0.3, -0.25) is 0 Å². The average molecular weight is 419 g/mol. The summed E-state index contributed by atoms with van der Waals surface area (Å²) in [6.07, 6.45) is -0.763. The summed E-state index contributed by atoms with van der Waals surface area (Å²) in [7, 11) is 0. The van der Waals surface area contributed by atoms with Crippen molar-refractivity contribution in [2.45, 2.75) is 38.1 Å². The number of tetrazole rings is 1. The first kappa shape index (κ1) is 20.8. The zero-order valence-corrected chi connectivity index (χ0v) is 17.6. The molecule has 0 aliphatic carbocycles. The van der Waals surface area contributed by atoms with Gasteiger partial charge in [-0.25, -0.2) is 0 Å². The van der Waals surface area contributed by atoms with E-state index in [9.17, 15) is 5.11 Å². The van der Waals surface area contributed by atoms with Gasteiger partial charge in [-0.05, 0) is 60.5 Å². The lowest BCUT2D eigenvalue weighted by molar-refractivity contribution is 0.00621. The van der Waals surface area contributed by atoms with E-state index in [4.69, 9.17) is 16.3 Å². The fraction of sp³-hybridized carbons (Fsp3) is 0.350. The number of hydrogen-bond donors (Lipinski definition) is 1. The van der Waals surface area contributed by atoms with Crippen molar-refractivity contribution < 1.29 is 9.84 Å². The smallest absolute Gasteiger partial charge is 0.214 e. The van der Waals surface area contributed by atoms with E-state index in [0.29, 0.717) is 15.9 Å². The quantitative estimate of drug-likeness (QED) is 0.553. The normalized spacial score (nSPS) is 13.5. The van der Waals surface area contributed by atoms with Crippen molar-refractivity contribution in [2.75, 3.05) is 12.4 Å². The summed E-state index contributed by atoms with van der Waals surface area (Å²) in [4.78, 5) is 0. The van der Waals surface area contributed by atoms with E-state index in [2.05, 4.69) is 21.6 Å². The highest BCUT2D eigenvalue weighted by atomic mass is 35.5. The molecule has 1 N–H and O–H groups in total. The Labute approximate surface area is 173 Å². The Morgan fingerprint density at radius 2 is 1.93 bits per heavy atom. The maximum absolute atomic E-state index is 10.3. The lowest BCUT2D eigenvalue weighted by Gasteiger charge is -2.16. The first-order valence-corrected chi connectivity index (χ1v) is 10.3. The van der Waals surface area contributed by atoms with Gasteiger partial charge in [0.05, 0.1) is 24.5 Å². The maximum Gasteiger partial charge on any atom is 0.214 e. The van der Waals surface area contributed by atoms with E-state index in [1.165, 1.54) is 17.3 Å². The van der Waals surface area contributed by atoms with Crippen molar-refractivity contribution in [2.24, 2.45) is 0 Å². The summed E-state index contributed by atoms with van der Waals surface area (Å²) in [5, 5.41) is 23.6. The number of benzene rings is 2. The molecule has 0 spiro atoms. The van der Waals surface area contributed by atoms with Gasteiger partial charge < -0.3 is 9.84 Å². The number of rotatable bonds is 8. The Balaban J connectivity index is 1.54. The molecule has 3 aromatic rings. The van der Waals surface area contributed by atoms with Crippen LogP contribution in [0.4, 0.5) is 0 Å². The van der Waals surface area contributed by atoms with Crippen molar-refractivity contribution in [3.8, 4) is 5.69 Å². The lowest BCUT2D eigenvalue weighted by Crippen LogP contribution is -2.19. The number of ether oxygens (including phenoxy) is 1. The molecule has 1 heterocycles. The van der Waals surface area contributed by atoms with E-state index >= 15 is 0 Å². The molecular formula is C20H23ClN4O2S. The van der Waals surface area contributed by atoms with Gasteiger partial charge in [0.25, 0.3) is 0 Å². The maximum atomic E-state index is 10.3. The van der Waals surface area contributed by atoms with Crippen LogP contribution in [-0.4, -0.2) is 43.8 Å². The second-order valence-corrected chi connectivity index (χ2v) is 8.08. The van der Waals surface area contributed by atoms with Crippen molar-refractivity contribution in [3.05, 3.63) is 64.2 Å². The molecule has 0 amide bonds. The van der Waals surface area contributed by atoms with Crippen molar-refractivity contribution >= 4 is 23.4 Å². The molecule has 0 unspecified atom stereocenters. The lowest BCUT2D eigenvalue weighted by atomic mass is 10.1. The molecule has 6 nitrogen and oxygen atoms in total. The molecule has 1 aromatic heterocycles. The van der Waals surface area contributed by atoms with Crippen molar-refractivity contribution in [1.29, 1.82) is 0 Å². The minimum absolute atomic E-state index is 0.127. The number of aliphatic hydroxyl groups is 1. The molecule has 3 rings (SSSR count). The number of halogens is 1. The van der Waals surface area contributed by atoms with Crippen LogP contribution in [-0.2, 0) is 4.74 Å². The second-order valence-electron chi connectivity index (χ2n) is 6.66. The topological polar surface area (TPSA) is 73.1 Å². The minimum Gasteiger partial charge on any atom is -0.390 e. The van der Waals surface area contributed by atoms with Crippen LogP contribution in [0.25, 0.3) is 5.69 Å². The molecule has 8 heteroatoms. The van der Waals surface area contributed by atoms with Gasteiger partial charge in [-0.2, -0.15) is 4.68 Å². The summed E-state index contributed by atoms with van der Waals surface area (Å²) in [5.41, 5.74) is 4.23. The molecule has 0 fully saturated rings. The largest absolute Gasteiger partial charge is 0.390 e.